The first-order valence-electron chi connectivity index (χ1n) is 7.83. The number of benzene rings is 2. The van der Waals surface area contributed by atoms with Crippen LogP contribution in [0.3, 0.4) is 0 Å². The van der Waals surface area contributed by atoms with Crippen molar-refractivity contribution < 1.29 is 4.79 Å². The quantitative estimate of drug-likeness (QED) is 0.712. The Kier molecular flexibility index (Phi) is 5.63. The summed E-state index contributed by atoms with van der Waals surface area (Å²) in [4.78, 5) is 17.0. The van der Waals surface area contributed by atoms with E-state index in [-0.39, 0.29) is 5.91 Å². The molecule has 2 aromatic carbocycles. The maximum absolute atomic E-state index is 12.3. The molecule has 0 atom stereocenters. The van der Waals surface area contributed by atoms with Gasteiger partial charge in [0.2, 0.25) is 0 Å². The number of hydrogen-bond acceptors (Lipinski definition) is 3. The highest BCUT2D eigenvalue weighted by Crippen LogP contribution is 2.22. The predicted molar refractivity (Wildman–Crippen MR) is 108 cm³/mol. The van der Waals surface area contributed by atoms with E-state index in [9.17, 15) is 4.79 Å². The summed E-state index contributed by atoms with van der Waals surface area (Å²) in [6.07, 6.45) is 0. The van der Waals surface area contributed by atoms with Crippen molar-refractivity contribution in [2.24, 2.45) is 0 Å². The first kappa shape index (κ1) is 17.5. The average molecular weight is 456 g/mol. The lowest BCUT2D eigenvalue weighted by atomic mass is 10.2. The summed E-state index contributed by atoms with van der Waals surface area (Å²) in [7, 11) is 2.15. The fourth-order valence-corrected chi connectivity index (χ4v) is 3.18. The maximum atomic E-state index is 12.3. The first-order valence-corrected chi connectivity index (χ1v) is 9.28. The van der Waals surface area contributed by atoms with Gasteiger partial charge in [0.1, 0.15) is 0 Å². The van der Waals surface area contributed by atoms with Crippen LogP contribution in [0.1, 0.15) is 10.4 Å². The van der Waals surface area contributed by atoms with Gasteiger partial charge in [-0.1, -0.05) is 11.6 Å². The molecule has 1 aliphatic rings. The number of hydrogen-bond donors (Lipinski definition) is 1. The van der Waals surface area contributed by atoms with Crippen LogP contribution in [0.2, 0.25) is 5.02 Å². The third-order valence-corrected chi connectivity index (χ3v) is 5.75. The Morgan fingerprint density at radius 3 is 2.38 bits per heavy atom. The van der Waals surface area contributed by atoms with Gasteiger partial charge in [0.25, 0.3) is 5.91 Å². The topological polar surface area (TPSA) is 35.6 Å². The molecule has 1 saturated heterocycles. The minimum absolute atomic E-state index is 0.152. The van der Waals surface area contributed by atoms with E-state index in [1.165, 1.54) is 5.69 Å². The van der Waals surface area contributed by atoms with Crippen LogP contribution >= 0.6 is 34.2 Å². The minimum Gasteiger partial charge on any atom is -0.369 e. The van der Waals surface area contributed by atoms with Gasteiger partial charge in [0.05, 0.1) is 5.02 Å². The molecule has 0 aliphatic carbocycles. The van der Waals surface area contributed by atoms with E-state index >= 15 is 0 Å². The Morgan fingerprint density at radius 1 is 1.08 bits per heavy atom. The third-order valence-electron chi connectivity index (χ3n) is 4.18. The molecule has 0 aromatic heterocycles. The largest absolute Gasteiger partial charge is 0.369 e. The summed E-state index contributed by atoms with van der Waals surface area (Å²) in [5.41, 5.74) is 2.54. The van der Waals surface area contributed by atoms with Crippen LogP contribution in [-0.2, 0) is 0 Å². The van der Waals surface area contributed by atoms with Crippen LogP contribution in [0.15, 0.2) is 42.5 Å². The molecule has 1 heterocycles. The summed E-state index contributed by atoms with van der Waals surface area (Å²) in [5, 5.41) is 3.51. The Labute approximate surface area is 160 Å². The molecule has 1 N–H and O–H groups in total. The van der Waals surface area contributed by atoms with Crippen molar-refractivity contribution in [1.82, 2.24) is 4.90 Å². The molecule has 24 heavy (non-hydrogen) atoms. The summed E-state index contributed by atoms with van der Waals surface area (Å²) < 4.78 is 0.933. The van der Waals surface area contributed by atoms with E-state index in [1.807, 2.05) is 18.2 Å². The van der Waals surface area contributed by atoms with Crippen molar-refractivity contribution in [3.05, 3.63) is 56.6 Å². The van der Waals surface area contributed by atoms with Crippen LogP contribution in [0, 0.1) is 3.57 Å². The highest BCUT2D eigenvalue weighted by atomic mass is 127. The van der Waals surface area contributed by atoms with Crippen molar-refractivity contribution in [2.75, 3.05) is 43.4 Å². The van der Waals surface area contributed by atoms with E-state index in [0.717, 1.165) is 35.4 Å². The fraction of sp³-hybridized carbons (Fsp3) is 0.278. The van der Waals surface area contributed by atoms with Gasteiger partial charge < -0.3 is 15.1 Å². The SMILES string of the molecule is CN1CCN(c2ccc(NC(=O)c3ccc(I)c(Cl)c3)cc2)CC1. The standard InChI is InChI=1S/C18H19ClIN3O/c1-22-8-10-23(11-9-22)15-5-3-14(4-6-15)21-18(24)13-2-7-17(20)16(19)12-13/h2-7,12H,8-11H2,1H3,(H,21,24). The molecule has 0 unspecified atom stereocenters. The van der Waals surface area contributed by atoms with Gasteiger partial charge in [-0.3, -0.25) is 4.79 Å². The molecule has 2 aromatic rings. The van der Waals surface area contributed by atoms with Gasteiger partial charge in [-0.05, 0) is 72.1 Å². The van der Waals surface area contributed by atoms with Gasteiger partial charge in [-0.15, -0.1) is 0 Å². The molecule has 126 valence electrons. The molecule has 0 spiro atoms. The van der Waals surface area contributed by atoms with Gasteiger partial charge in [-0.25, -0.2) is 0 Å². The van der Waals surface area contributed by atoms with E-state index < -0.39 is 0 Å². The number of carbonyl (C=O) groups excluding carboxylic acids is 1. The zero-order valence-corrected chi connectivity index (χ0v) is 16.3. The highest BCUT2D eigenvalue weighted by molar-refractivity contribution is 14.1. The van der Waals surface area contributed by atoms with Crippen LogP contribution < -0.4 is 10.2 Å². The van der Waals surface area contributed by atoms with Crippen molar-refractivity contribution in [3.63, 3.8) is 0 Å². The number of amides is 1. The van der Waals surface area contributed by atoms with E-state index in [0.29, 0.717) is 10.6 Å². The molecule has 0 saturated carbocycles. The van der Waals surface area contributed by atoms with Crippen LogP contribution in [-0.4, -0.2) is 44.0 Å². The number of anilines is 2. The monoisotopic (exact) mass is 455 g/mol. The van der Waals surface area contributed by atoms with Gasteiger partial charge >= 0.3 is 0 Å². The number of piperazine rings is 1. The van der Waals surface area contributed by atoms with Crippen molar-refractivity contribution in [1.29, 1.82) is 0 Å². The lowest BCUT2D eigenvalue weighted by molar-refractivity contribution is 0.102. The van der Waals surface area contributed by atoms with Crippen LogP contribution in [0.25, 0.3) is 0 Å². The van der Waals surface area contributed by atoms with E-state index in [1.54, 1.807) is 12.1 Å². The Bertz CT molecular complexity index is 728. The van der Waals surface area contributed by atoms with Crippen LogP contribution in [0.5, 0.6) is 0 Å². The summed E-state index contributed by atoms with van der Waals surface area (Å²) in [5.74, 6) is -0.152. The van der Waals surface area contributed by atoms with E-state index in [2.05, 4.69) is 56.9 Å². The number of rotatable bonds is 3. The summed E-state index contributed by atoms with van der Waals surface area (Å²) >= 11 is 8.22. The van der Waals surface area contributed by atoms with Crippen LogP contribution in [0.4, 0.5) is 11.4 Å². The zero-order chi connectivity index (χ0) is 17.1. The molecule has 3 rings (SSSR count). The molecule has 0 radical (unpaired) electrons. The summed E-state index contributed by atoms with van der Waals surface area (Å²) in [6.45, 7) is 4.21. The highest BCUT2D eigenvalue weighted by Gasteiger charge is 2.14. The zero-order valence-electron chi connectivity index (χ0n) is 13.4. The molecular weight excluding hydrogens is 437 g/mol. The number of nitrogens with one attached hydrogen (secondary N) is 1. The first-order chi connectivity index (χ1) is 11.5. The van der Waals surface area contributed by atoms with Gasteiger partial charge in [0.15, 0.2) is 0 Å². The van der Waals surface area contributed by atoms with E-state index in [4.69, 9.17) is 11.6 Å². The van der Waals surface area contributed by atoms with Gasteiger partial charge in [0, 0.05) is 46.7 Å². The second-order valence-electron chi connectivity index (χ2n) is 5.92. The average Bonchev–Trinajstić information content (AvgIpc) is 2.59. The summed E-state index contributed by atoms with van der Waals surface area (Å²) in [6, 6.07) is 13.3. The number of carbonyl (C=O) groups is 1. The van der Waals surface area contributed by atoms with Crippen molar-refractivity contribution in [3.8, 4) is 0 Å². The number of likely N-dealkylation sites (N-methyl/N-ethyl adjacent to an activating group) is 1. The number of nitrogens with zero attached hydrogens (tertiary/aromatic N) is 2. The second kappa shape index (κ2) is 7.72. The molecule has 1 fully saturated rings. The molecule has 1 amide bonds. The minimum atomic E-state index is -0.152. The second-order valence-corrected chi connectivity index (χ2v) is 7.49. The smallest absolute Gasteiger partial charge is 0.255 e. The molecule has 1 aliphatic heterocycles. The lowest BCUT2D eigenvalue weighted by Crippen LogP contribution is -2.44. The third kappa shape index (κ3) is 4.20. The maximum Gasteiger partial charge on any atom is 0.255 e. The predicted octanol–water partition coefficient (Wildman–Crippen LogP) is 3.95. The molecular formula is C18H19ClIN3O. The Morgan fingerprint density at radius 2 is 1.75 bits per heavy atom. The van der Waals surface area contributed by atoms with Crippen molar-refractivity contribution in [2.45, 2.75) is 0 Å². The van der Waals surface area contributed by atoms with Crippen molar-refractivity contribution >= 4 is 51.5 Å². The number of halogens is 2. The van der Waals surface area contributed by atoms with Gasteiger partial charge in [-0.2, -0.15) is 0 Å². The normalized spacial score (nSPS) is 15.4. The molecule has 4 nitrogen and oxygen atoms in total. The lowest BCUT2D eigenvalue weighted by Gasteiger charge is -2.34. The molecule has 0 bridgehead atoms. The molecule has 6 heteroatoms. The fourth-order valence-electron chi connectivity index (χ4n) is 2.66. The Balaban J connectivity index is 1.65. The Hall–Kier alpha value is -1.31.